The first-order chi connectivity index (χ1) is 8.09. The van der Waals surface area contributed by atoms with Crippen LogP contribution in [0.4, 0.5) is 0 Å². The molecule has 0 aromatic carbocycles. The van der Waals surface area contributed by atoms with E-state index in [4.69, 9.17) is 4.74 Å². The number of hydrogen-bond acceptors (Lipinski definition) is 4. The maximum atomic E-state index is 11.6. The molecule has 0 radical (unpaired) electrons. The molecule has 18 heavy (non-hydrogen) atoms. The monoisotopic (exact) mass is 258 g/mol. The van der Waals surface area contributed by atoms with E-state index in [-0.39, 0.29) is 17.4 Å². The Morgan fingerprint density at radius 1 is 1.44 bits per heavy atom. The fraction of sp³-hybridized carbons (Fsp3) is 0.923. The van der Waals surface area contributed by atoms with Crippen LogP contribution in [0.2, 0.25) is 0 Å². The molecule has 5 heteroatoms. The molecule has 1 saturated heterocycles. The average Bonchev–Trinajstić information content (AvgIpc) is 2.36. The minimum atomic E-state index is -0.806. The van der Waals surface area contributed by atoms with Gasteiger partial charge in [-0.05, 0) is 25.7 Å². The van der Waals surface area contributed by atoms with Crippen LogP contribution in [0.1, 0.15) is 47.5 Å². The van der Waals surface area contributed by atoms with Crippen molar-refractivity contribution >= 4 is 5.91 Å². The topological polar surface area (TPSA) is 70.6 Å². The van der Waals surface area contributed by atoms with Gasteiger partial charge in [0.25, 0.3) is 0 Å². The summed E-state index contributed by atoms with van der Waals surface area (Å²) in [6.45, 7) is 10.4. The van der Waals surface area contributed by atoms with Gasteiger partial charge in [-0.25, -0.2) is 0 Å². The summed E-state index contributed by atoms with van der Waals surface area (Å²) < 4.78 is 5.33. The molecule has 2 atom stereocenters. The number of aliphatic hydroxyl groups is 1. The minimum absolute atomic E-state index is 0.000305. The molecule has 3 N–H and O–H groups in total. The van der Waals surface area contributed by atoms with Gasteiger partial charge in [-0.2, -0.15) is 0 Å². The van der Waals surface area contributed by atoms with Crippen LogP contribution in [0.25, 0.3) is 0 Å². The molecule has 1 aliphatic rings. The first kappa shape index (κ1) is 15.4. The van der Waals surface area contributed by atoms with E-state index < -0.39 is 12.0 Å². The fourth-order valence-electron chi connectivity index (χ4n) is 2.06. The van der Waals surface area contributed by atoms with Crippen molar-refractivity contribution in [3.8, 4) is 0 Å². The normalized spacial score (nSPS) is 27.2. The van der Waals surface area contributed by atoms with Crippen LogP contribution >= 0.6 is 0 Å². The van der Waals surface area contributed by atoms with Crippen molar-refractivity contribution in [1.29, 1.82) is 0 Å². The number of aliphatic hydroxyl groups excluding tert-OH is 1. The van der Waals surface area contributed by atoms with E-state index >= 15 is 0 Å². The Bertz CT molecular complexity index is 297. The summed E-state index contributed by atoms with van der Waals surface area (Å²) in [5.41, 5.74) is -0.500. The summed E-state index contributed by atoms with van der Waals surface area (Å²) in [4.78, 5) is 11.6. The minimum Gasteiger partial charge on any atom is -0.367 e. The van der Waals surface area contributed by atoms with Crippen LogP contribution in [0.5, 0.6) is 0 Å². The number of amides is 1. The van der Waals surface area contributed by atoms with Crippen molar-refractivity contribution in [2.45, 2.75) is 65.5 Å². The molecule has 0 aromatic rings. The second kappa shape index (κ2) is 5.55. The SMILES string of the molecule is CC(C)(C)CC(=O)NCC[C@H]1NC(C)(C)OC1O. The summed E-state index contributed by atoms with van der Waals surface area (Å²) in [6, 6.07) is -0.130. The van der Waals surface area contributed by atoms with E-state index in [9.17, 15) is 9.90 Å². The predicted octanol–water partition coefficient (Wildman–Crippen LogP) is 0.972. The molecule has 0 spiro atoms. The Balaban J connectivity index is 2.25. The maximum absolute atomic E-state index is 11.6. The van der Waals surface area contributed by atoms with Gasteiger partial charge in [0.1, 0.15) is 5.72 Å². The first-order valence-corrected chi connectivity index (χ1v) is 6.49. The van der Waals surface area contributed by atoms with Gasteiger partial charge in [-0.3, -0.25) is 10.1 Å². The zero-order chi connectivity index (χ0) is 14.0. The molecular weight excluding hydrogens is 232 g/mol. The summed E-state index contributed by atoms with van der Waals surface area (Å²) in [5, 5.41) is 15.7. The highest BCUT2D eigenvalue weighted by molar-refractivity contribution is 5.76. The van der Waals surface area contributed by atoms with Gasteiger partial charge in [-0.1, -0.05) is 20.8 Å². The van der Waals surface area contributed by atoms with Crippen molar-refractivity contribution < 1.29 is 14.6 Å². The van der Waals surface area contributed by atoms with Crippen molar-refractivity contribution in [2.24, 2.45) is 5.41 Å². The molecule has 1 fully saturated rings. The summed E-state index contributed by atoms with van der Waals surface area (Å²) in [5.74, 6) is 0.0511. The largest absolute Gasteiger partial charge is 0.367 e. The van der Waals surface area contributed by atoms with Crippen molar-refractivity contribution in [3.63, 3.8) is 0 Å². The number of carbonyl (C=O) groups excluding carboxylic acids is 1. The highest BCUT2D eigenvalue weighted by Gasteiger charge is 2.37. The number of carbonyl (C=O) groups is 1. The highest BCUT2D eigenvalue weighted by atomic mass is 16.6. The van der Waals surface area contributed by atoms with E-state index in [1.165, 1.54) is 0 Å². The lowest BCUT2D eigenvalue weighted by atomic mass is 9.92. The Kier molecular flexibility index (Phi) is 4.75. The van der Waals surface area contributed by atoms with Crippen LogP contribution in [0.3, 0.4) is 0 Å². The van der Waals surface area contributed by atoms with Crippen molar-refractivity contribution in [1.82, 2.24) is 10.6 Å². The van der Waals surface area contributed by atoms with E-state index in [1.54, 1.807) is 0 Å². The van der Waals surface area contributed by atoms with Gasteiger partial charge < -0.3 is 15.2 Å². The molecular formula is C13H26N2O3. The Morgan fingerprint density at radius 2 is 2.06 bits per heavy atom. The Hall–Kier alpha value is -0.650. The average molecular weight is 258 g/mol. The predicted molar refractivity (Wildman–Crippen MR) is 69.8 cm³/mol. The van der Waals surface area contributed by atoms with Gasteiger partial charge >= 0.3 is 0 Å². The van der Waals surface area contributed by atoms with Crippen LogP contribution < -0.4 is 10.6 Å². The molecule has 0 bridgehead atoms. The molecule has 0 saturated carbocycles. The van der Waals surface area contributed by atoms with E-state index in [0.717, 1.165) is 0 Å². The lowest BCUT2D eigenvalue weighted by Gasteiger charge is -2.19. The second-order valence-electron chi connectivity index (χ2n) is 6.65. The van der Waals surface area contributed by atoms with E-state index in [2.05, 4.69) is 10.6 Å². The molecule has 1 rings (SSSR count). The molecule has 1 aliphatic heterocycles. The Labute approximate surface area is 109 Å². The van der Waals surface area contributed by atoms with Crippen molar-refractivity contribution in [3.05, 3.63) is 0 Å². The molecule has 1 unspecified atom stereocenters. The van der Waals surface area contributed by atoms with Crippen LogP contribution in [-0.4, -0.2) is 35.6 Å². The number of hydrogen-bond donors (Lipinski definition) is 3. The van der Waals surface area contributed by atoms with Gasteiger partial charge in [-0.15, -0.1) is 0 Å². The zero-order valence-corrected chi connectivity index (χ0v) is 12.0. The standard InChI is InChI=1S/C13H26N2O3/c1-12(2,3)8-10(16)14-7-6-9-11(17)18-13(4,5)15-9/h9,11,15,17H,6-8H2,1-5H3,(H,14,16)/t9-,11?/m1/s1. The maximum Gasteiger partial charge on any atom is 0.220 e. The van der Waals surface area contributed by atoms with Crippen LogP contribution in [-0.2, 0) is 9.53 Å². The van der Waals surface area contributed by atoms with Crippen LogP contribution in [0, 0.1) is 5.41 Å². The summed E-state index contributed by atoms with van der Waals surface area (Å²) in [6.07, 6.45) is 0.357. The Morgan fingerprint density at radius 3 is 2.50 bits per heavy atom. The quantitative estimate of drug-likeness (QED) is 0.703. The zero-order valence-electron chi connectivity index (χ0n) is 12.0. The smallest absolute Gasteiger partial charge is 0.220 e. The molecule has 106 valence electrons. The lowest BCUT2D eigenvalue weighted by Crippen LogP contribution is -2.41. The number of ether oxygens (including phenoxy) is 1. The third-order valence-corrected chi connectivity index (χ3v) is 2.76. The van der Waals surface area contributed by atoms with Gasteiger partial charge in [0.2, 0.25) is 5.91 Å². The third-order valence-electron chi connectivity index (χ3n) is 2.76. The fourth-order valence-corrected chi connectivity index (χ4v) is 2.06. The van der Waals surface area contributed by atoms with E-state index in [1.807, 2.05) is 34.6 Å². The first-order valence-electron chi connectivity index (χ1n) is 6.49. The third kappa shape index (κ3) is 5.33. The molecule has 0 aliphatic carbocycles. The number of nitrogens with one attached hydrogen (secondary N) is 2. The molecule has 1 heterocycles. The summed E-state index contributed by atoms with van der Waals surface area (Å²) in [7, 11) is 0. The lowest BCUT2D eigenvalue weighted by molar-refractivity contribution is -0.130. The van der Waals surface area contributed by atoms with Crippen molar-refractivity contribution in [2.75, 3.05) is 6.54 Å². The van der Waals surface area contributed by atoms with E-state index in [0.29, 0.717) is 19.4 Å². The number of rotatable bonds is 4. The van der Waals surface area contributed by atoms with Gasteiger partial charge in [0, 0.05) is 13.0 Å². The van der Waals surface area contributed by atoms with Gasteiger partial charge in [0.05, 0.1) is 6.04 Å². The van der Waals surface area contributed by atoms with Crippen LogP contribution in [0.15, 0.2) is 0 Å². The molecule has 0 aromatic heterocycles. The molecule has 1 amide bonds. The second-order valence-corrected chi connectivity index (χ2v) is 6.65. The molecule has 5 nitrogen and oxygen atoms in total. The highest BCUT2D eigenvalue weighted by Crippen LogP contribution is 2.21. The van der Waals surface area contributed by atoms with Gasteiger partial charge in [0.15, 0.2) is 6.29 Å². The summed E-state index contributed by atoms with van der Waals surface area (Å²) >= 11 is 0.